The fourth-order valence-corrected chi connectivity index (χ4v) is 2.24. The first-order valence-corrected chi connectivity index (χ1v) is 8.01. The lowest BCUT2D eigenvalue weighted by Gasteiger charge is -2.22. The van der Waals surface area contributed by atoms with Gasteiger partial charge in [0.1, 0.15) is 12.2 Å². The van der Waals surface area contributed by atoms with Gasteiger partial charge in [-0.2, -0.15) is 0 Å². The van der Waals surface area contributed by atoms with Crippen molar-refractivity contribution in [2.45, 2.75) is 25.4 Å². The molecule has 1 N–H and O–H groups in total. The molecule has 0 amide bonds. The molecular formula is C20H23NO4. The number of nitrogens with zero attached hydrogens (tertiary/aromatic N) is 1. The van der Waals surface area contributed by atoms with Gasteiger partial charge in [0.15, 0.2) is 0 Å². The van der Waals surface area contributed by atoms with Gasteiger partial charge in [-0.05, 0) is 17.2 Å². The number of ether oxygens (including phenoxy) is 3. The van der Waals surface area contributed by atoms with Crippen molar-refractivity contribution in [3.63, 3.8) is 0 Å². The van der Waals surface area contributed by atoms with E-state index in [2.05, 4.69) is 5.16 Å². The van der Waals surface area contributed by atoms with E-state index in [1.165, 1.54) is 12.5 Å². The number of methoxy groups -OCH3 is 1. The number of hydrogen-bond donors (Lipinski definition) is 1. The first-order chi connectivity index (χ1) is 12.3. The van der Waals surface area contributed by atoms with E-state index in [0.717, 1.165) is 11.1 Å². The molecule has 0 aliphatic carbocycles. The van der Waals surface area contributed by atoms with Gasteiger partial charge in [-0.25, -0.2) is 0 Å². The predicted octanol–water partition coefficient (Wildman–Crippen LogP) is 3.78. The lowest BCUT2D eigenvalue weighted by Crippen LogP contribution is -2.31. The van der Waals surface area contributed by atoms with Crippen LogP contribution in [0.15, 0.2) is 78.2 Å². The van der Waals surface area contributed by atoms with Crippen molar-refractivity contribution < 1.29 is 19.4 Å². The van der Waals surface area contributed by atoms with Gasteiger partial charge in [-0.3, -0.25) is 0 Å². The fourth-order valence-electron chi connectivity index (χ4n) is 2.24. The van der Waals surface area contributed by atoms with E-state index in [9.17, 15) is 0 Å². The monoisotopic (exact) mass is 341 g/mol. The van der Waals surface area contributed by atoms with Crippen molar-refractivity contribution in [2.75, 3.05) is 7.11 Å². The van der Waals surface area contributed by atoms with Crippen molar-refractivity contribution in [3.8, 4) is 0 Å². The lowest BCUT2D eigenvalue weighted by atomic mass is 10.2. The molecule has 0 fully saturated rings. The van der Waals surface area contributed by atoms with Gasteiger partial charge in [0.25, 0.3) is 0 Å². The van der Waals surface area contributed by atoms with Gasteiger partial charge < -0.3 is 19.4 Å². The molecule has 0 saturated heterocycles. The normalized spacial score (nSPS) is 14.0. The summed E-state index contributed by atoms with van der Waals surface area (Å²) in [6.45, 7) is 0.785. The van der Waals surface area contributed by atoms with Crippen LogP contribution < -0.4 is 0 Å². The smallest absolute Gasteiger partial charge is 0.126 e. The summed E-state index contributed by atoms with van der Waals surface area (Å²) in [4.78, 5) is 0. The summed E-state index contributed by atoms with van der Waals surface area (Å²) in [6.07, 6.45) is 3.57. The van der Waals surface area contributed by atoms with Crippen LogP contribution >= 0.6 is 0 Å². The van der Waals surface area contributed by atoms with Crippen LogP contribution in [0, 0.1) is 0 Å². The molecule has 2 atom stereocenters. The van der Waals surface area contributed by atoms with Crippen LogP contribution in [-0.4, -0.2) is 30.7 Å². The van der Waals surface area contributed by atoms with E-state index in [-0.39, 0.29) is 0 Å². The molecule has 0 spiro atoms. The third-order valence-corrected chi connectivity index (χ3v) is 3.51. The van der Waals surface area contributed by atoms with Crippen molar-refractivity contribution in [3.05, 3.63) is 84.1 Å². The summed E-state index contributed by atoms with van der Waals surface area (Å²) < 4.78 is 16.8. The molecular weight excluding hydrogens is 318 g/mol. The zero-order valence-corrected chi connectivity index (χ0v) is 14.2. The molecule has 5 heteroatoms. The Kier molecular flexibility index (Phi) is 8.24. The van der Waals surface area contributed by atoms with Crippen LogP contribution in [0.3, 0.4) is 0 Å². The van der Waals surface area contributed by atoms with E-state index in [0.29, 0.717) is 13.2 Å². The molecule has 25 heavy (non-hydrogen) atoms. The molecule has 0 aliphatic rings. The van der Waals surface area contributed by atoms with Crippen molar-refractivity contribution in [2.24, 2.45) is 5.16 Å². The van der Waals surface area contributed by atoms with Crippen molar-refractivity contribution >= 4 is 6.21 Å². The average Bonchev–Trinajstić information content (AvgIpc) is 2.67. The standard InChI is InChI=1S/C20H23NO4/c1-23-13-12-19(24-15-17-8-4-2-5-9-17)20(14-21-22)25-16-18-10-6-3-7-11-18/h2-14,19-20,22H,15-16H2,1H3/b13-12+,21-14+/t19-,20+/m0/s1. The van der Waals surface area contributed by atoms with Gasteiger partial charge in [0, 0.05) is 0 Å². The molecule has 0 saturated carbocycles. The second-order valence-corrected chi connectivity index (χ2v) is 5.35. The summed E-state index contributed by atoms with van der Waals surface area (Å²) in [5.41, 5.74) is 2.07. The Morgan fingerprint density at radius 2 is 1.40 bits per heavy atom. The van der Waals surface area contributed by atoms with Gasteiger partial charge >= 0.3 is 0 Å². The Bertz CT molecular complexity index is 643. The second-order valence-electron chi connectivity index (χ2n) is 5.35. The molecule has 0 radical (unpaired) electrons. The SMILES string of the molecule is CO/C=C/[C@H](OCc1ccccc1)[C@@H](/C=N/O)OCc1ccccc1. The van der Waals surface area contributed by atoms with Crippen LogP contribution in [0.25, 0.3) is 0 Å². The molecule has 5 nitrogen and oxygen atoms in total. The number of oxime groups is 1. The van der Waals surface area contributed by atoms with Gasteiger partial charge in [-0.1, -0.05) is 65.8 Å². The van der Waals surface area contributed by atoms with E-state index in [1.54, 1.807) is 13.2 Å². The van der Waals surface area contributed by atoms with Gasteiger partial charge in [-0.15, -0.1) is 0 Å². The van der Waals surface area contributed by atoms with E-state index < -0.39 is 12.2 Å². The summed E-state index contributed by atoms with van der Waals surface area (Å²) in [5.74, 6) is 0. The highest BCUT2D eigenvalue weighted by Crippen LogP contribution is 2.12. The Balaban J connectivity index is 2.03. The Morgan fingerprint density at radius 3 is 1.88 bits per heavy atom. The largest absolute Gasteiger partial charge is 0.505 e. The maximum Gasteiger partial charge on any atom is 0.126 e. The van der Waals surface area contributed by atoms with Crippen LogP contribution in [0.5, 0.6) is 0 Å². The number of benzene rings is 2. The molecule has 0 aliphatic heterocycles. The van der Waals surface area contributed by atoms with Gasteiger partial charge in [0.2, 0.25) is 0 Å². The minimum Gasteiger partial charge on any atom is -0.505 e. The topological polar surface area (TPSA) is 60.3 Å². The molecule has 0 bridgehead atoms. The Morgan fingerprint density at radius 1 is 0.880 bits per heavy atom. The molecule has 2 rings (SSSR count). The fraction of sp³-hybridized carbons (Fsp3) is 0.250. The van der Waals surface area contributed by atoms with E-state index in [4.69, 9.17) is 19.4 Å². The van der Waals surface area contributed by atoms with Crippen molar-refractivity contribution in [1.82, 2.24) is 0 Å². The van der Waals surface area contributed by atoms with Crippen LogP contribution in [0.4, 0.5) is 0 Å². The molecule has 0 unspecified atom stereocenters. The predicted molar refractivity (Wildman–Crippen MR) is 96.5 cm³/mol. The highest BCUT2D eigenvalue weighted by Gasteiger charge is 2.20. The number of hydrogen-bond acceptors (Lipinski definition) is 5. The summed E-state index contributed by atoms with van der Waals surface area (Å²) in [7, 11) is 1.56. The maximum atomic E-state index is 8.97. The van der Waals surface area contributed by atoms with Crippen LogP contribution in [-0.2, 0) is 27.4 Å². The zero-order valence-electron chi connectivity index (χ0n) is 14.2. The third-order valence-electron chi connectivity index (χ3n) is 3.51. The first-order valence-electron chi connectivity index (χ1n) is 8.01. The third kappa shape index (κ3) is 6.79. The summed E-state index contributed by atoms with van der Waals surface area (Å²) >= 11 is 0. The molecule has 2 aromatic rings. The summed E-state index contributed by atoms with van der Waals surface area (Å²) in [5, 5.41) is 12.1. The zero-order chi connectivity index (χ0) is 17.7. The second kappa shape index (κ2) is 11.0. The molecule has 2 aromatic carbocycles. The quantitative estimate of drug-likeness (QED) is 0.309. The van der Waals surface area contributed by atoms with Gasteiger partial charge in [0.05, 0.1) is 32.8 Å². The van der Waals surface area contributed by atoms with E-state index >= 15 is 0 Å². The van der Waals surface area contributed by atoms with Crippen molar-refractivity contribution in [1.29, 1.82) is 0 Å². The Hall–Kier alpha value is -2.63. The molecule has 0 aromatic heterocycles. The Labute approximate surface area is 148 Å². The minimum absolute atomic E-state index is 0.379. The lowest BCUT2D eigenvalue weighted by molar-refractivity contribution is -0.0327. The maximum absolute atomic E-state index is 8.97. The highest BCUT2D eigenvalue weighted by molar-refractivity contribution is 5.63. The highest BCUT2D eigenvalue weighted by atomic mass is 16.5. The first kappa shape index (κ1) is 18.7. The summed E-state index contributed by atoms with van der Waals surface area (Å²) in [6, 6.07) is 19.6. The van der Waals surface area contributed by atoms with Crippen LogP contribution in [0.2, 0.25) is 0 Å². The number of rotatable bonds is 10. The van der Waals surface area contributed by atoms with E-state index in [1.807, 2.05) is 60.7 Å². The average molecular weight is 341 g/mol. The van der Waals surface area contributed by atoms with Crippen LogP contribution in [0.1, 0.15) is 11.1 Å². The minimum atomic E-state index is -0.555. The molecule has 132 valence electrons. The molecule has 0 heterocycles.